The van der Waals surface area contributed by atoms with Gasteiger partial charge in [0.15, 0.2) is 11.5 Å². The number of carboxylic acids is 1. The SMILES string of the molecule is COc1cc(C=C2SC(=S)N([C@H](C(=O)[O-])C(C)C)C2=O)cc(OC)c1OC. The first kappa shape index (κ1) is 21.0. The molecule has 1 atom stereocenters. The highest BCUT2D eigenvalue weighted by Crippen LogP contribution is 2.40. The van der Waals surface area contributed by atoms with Crippen LogP contribution in [-0.4, -0.2) is 48.5 Å². The van der Waals surface area contributed by atoms with Crippen molar-refractivity contribution in [2.45, 2.75) is 19.9 Å². The Balaban J connectivity index is 2.45. The third-order valence-corrected chi connectivity index (χ3v) is 5.29. The Hall–Kier alpha value is -2.26. The molecule has 1 aliphatic rings. The van der Waals surface area contributed by atoms with Gasteiger partial charge in [0.2, 0.25) is 5.75 Å². The number of hydrogen-bond donors (Lipinski definition) is 0. The number of carbonyl (C=O) groups excluding carboxylic acids is 2. The number of thiocarbonyl (C=S) groups is 1. The molecule has 7 nitrogen and oxygen atoms in total. The van der Waals surface area contributed by atoms with Gasteiger partial charge in [-0.2, -0.15) is 0 Å². The second kappa shape index (κ2) is 8.62. The van der Waals surface area contributed by atoms with Crippen LogP contribution in [0.5, 0.6) is 17.2 Å². The molecule has 0 aromatic heterocycles. The van der Waals surface area contributed by atoms with Crippen molar-refractivity contribution in [1.29, 1.82) is 0 Å². The van der Waals surface area contributed by atoms with Crippen molar-refractivity contribution >= 4 is 46.3 Å². The maximum absolute atomic E-state index is 12.8. The molecular formula is C18H20NO6S2-. The van der Waals surface area contributed by atoms with Crippen molar-refractivity contribution in [2.24, 2.45) is 5.92 Å². The molecule has 1 fully saturated rings. The first-order valence-electron chi connectivity index (χ1n) is 8.03. The fourth-order valence-corrected chi connectivity index (χ4v) is 4.06. The number of aliphatic carboxylic acids is 1. The highest BCUT2D eigenvalue weighted by molar-refractivity contribution is 8.26. The smallest absolute Gasteiger partial charge is 0.266 e. The van der Waals surface area contributed by atoms with Gasteiger partial charge in [-0.1, -0.05) is 37.8 Å². The lowest BCUT2D eigenvalue weighted by atomic mass is 10.0. The lowest BCUT2D eigenvalue weighted by Gasteiger charge is -2.30. The van der Waals surface area contributed by atoms with Crippen molar-refractivity contribution < 1.29 is 28.9 Å². The van der Waals surface area contributed by atoms with Crippen LogP contribution in [0.1, 0.15) is 19.4 Å². The Morgan fingerprint density at radius 3 is 2.15 bits per heavy atom. The Labute approximate surface area is 167 Å². The predicted octanol–water partition coefficient (Wildman–Crippen LogP) is 1.69. The molecule has 0 bridgehead atoms. The van der Waals surface area contributed by atoms with Crippen LogP contribution >= 0.6 is 24.0 Å². The molecule has 0 saturated carbocycles. The van der Waals surface area contributed by atoms with Gasteiger partial charge in [0.1, 0.15) is 4.32 Å². The highest BCUT2D eigenvalue weighted by atomic mass is 32.2. The molecule has 2 rings (SSSR count). The molecule has 0 aliphatic carbocycles. The minimum absolute atomic E-state index is 0.182. The molecular weight excluding hydrogens is 390 g/mol. The average Bonchev–Trinajstić information content (AvgIpc) is 2.88. The van der Waals surface area contributed by atoms with Gasteiger partial charge in [0, 0.05) is 0 Å². The average molecular weight is 410 g/mol. The van der Waals surface area contributed by atoms with Crippen molar-refractivity contribution in [3.63, 3.8) is 0 Å². The predicted molar refractivity (Wildman–Crippen MR) is 105 cm³/mol. The van der Waals surface area contributed by atoms with Crippen molar-refractivity contribution in [1.82, 2.24) is 4.90 Å². The highest BCUT2D eigenvalue weighted by Gasteiger charge is 2.39. The zero-order valence-corrected chi connectivity index (χ0v) is 17.2. The van der Waals surface area contributed by atoms with E-state index in [9.17, 15) is 14.7 Å². The lowest BCUT2D eigenvalue weighted by Crippen LogP contribution is -2.52. The second-order valence-electron chi connectivity index (χ2n) is 6.02. The Bertz CT molecular complexity index is 780. The summed E-state index contributed by atoms with van der Waals surface area (Å²) in [6.07, 6.45) is 1.61. The number of thioether (sulfide) groups is 1. The number of rotatable bonds is 7. The van der Waals surface area contributed by atoms with Crippen LogP contribution in [0.25, 0.3) is 6.08 Å². The van der Waals surface area contributed by atoms with E-state index in [0.717, 1.165) is 16.7 Å². The fourth-order valence-electron chi connectivity index (χ4n) is 2.73. The Morgan fingerprint density at radius 1 is 1.19 bits per heavy atom. The summed E-state index contributed by atoms with van der Waals surface area (Å²) in [6, 6.07) is 2.25. The maximum Gasteiger partial charge on any atom is 0.266 e. The quantitative estimate of drug-likeness (QED) is 0.496. The van der Waals surface area contributed by atoms with Gasteiger partial charge in [0.05, 0.1) is 38.2 Å². The van der Waals surface area contributed by atoms with Crippen molar-refractivity contribution in [3.05, 3.63) is 22.6 Å². The van der Waals surface area contributed by atoms with Crippen LogP contribution in [0.3, 0.4) is 0 Å². The minimum atomic E-state index is -1.34. The van der Waals surface area contributed by atoms with E-state index < -0.39 is 17.9 Å². The zero-order valence-electron chi connectivity index (χ0n) is 15.6. The number of benzene rings is 1. The topological polar surface area (TPSA) is 88.1 Å². The molecule has 1 aromatic carbocycles. The number of carboxylic acid groups (broad SMARTS) is 1. The van der Waals surface area contributed by atoms with Gasteiger partial charge in [-0.15, -0.1) is 0 Å². The summed E-state index contributed by atoms with van der Waals surface area (Å²) >= 11 is 6.27. The maximum atomic E-state index is 12.8. The van der Waals surface area contributed by atoms with Crippen LogP contribution in [-0.2, 0) is 9.59 Å². The molecule has 146 valence electrons. The van der Waals surface area contributed by atoms with E-state index in [1.165, 1.54) is 21.3 Å². The summed E-state index contributed by atoms with van der Waals surface area (Å²) in [4.78, 5) is 25.7. The molecule has 0 spiro atoms. The van der Waals surface area contributed by atoms with E-state index in [1.807, 2.05) is 0 Å². The summed E-state index contributed by atoms with van der Waals surface area (Å²) in [7, 11) is 4.48. The van der Waals surface area contributed by atoms with E-state index in [1.54, 1.807) is 32.1 Å². The summed E-state index contributed by atoms with van der Waals surface area (Å²) in [5.74, 6) is -0.849. The van der Waals surface area contributed by atoms with E-state index >= 15 is 0 Å². The standard InChI is InChI=1S/C18H21NO6S2/c1-9(2)14(17(21)22)19-16(20)13(27-18(19)26)8-10-6-11(23-3)15(25-5)12(7-10)24-4/h6-9,14H,1-5H3,(H,21,22)/p-1/t14-/m0/s1. The van der Waals surface area contributed by atoms with Crippen LogP contribution in [0, 0.1) is 5.92 Å². The van der Waals surface area contributed by atoms with Gasteiger partial charge in [0.25, 0.3) is 5.91 Å². The van der Waals surface area contributed by atoms with E-state index in [4.69, 9.17) is 26.4 Å². The molecule has 0 N–H and O–H groups in total. The van der Waals surface area contributed by atoms with Crippen LogP contribution < -0.4 is 19.3 Å². The molecule has 1 amide bonds. The molecule has 27 heavy (non-hydrogen) atoms. The first-order valence-corrected chi connectivity index (χ1v) is 9.25. The minimum Gasteiger partial charge on any atom is -0.548 e. The number of amides is 1. The summed E-state index contributed by atoms with van der Waals surface area (Å²) in [5.41, 5.74) is 0.625. The first-order chi connectivity index (χ1) is 12.7. The van der Waals surface area contributed by atoms with E-state index in [-0.39, 0.29) is 10.2 Å². The number of ether oxygens (including phenoxy) is 3. The van der Waals surface area contributed by atoms with Gasteiger partial charge in [-0.05, 0) is 29.7 Å². The molecule has 1 heterocycles. The number of carbonyl (C=O) groups is 2. The Morgan fingerprint density at radius 2 is 1.74 bits per heavy atom. The lowest BCUT2D eigenvalue weighted by molar-refractivity contribution is -0.311. The largest absolute Gasteiger partial charge is 0.548 e. The molecule has 1 aliphatic heterocycles. The molecule has 1 aromatic rings. The molecule has 0 radical (unpaired) electrons. The Kier molecular flexibility index (Phi) is 6.72. The number of hydrogen-bond acceptors (Lipinski definition) is 8. The summed E-state index contributed by atoms with van der Waals surface area (Å²) in [6.45, 7) is 3.39. The van der Waals surface area contributed by atoms with Crippen LogP contribution in [0.15, 0.2) is 17.0 Å². The van der Waals surface area contributed by atoms with E-state index in [0.29, 0.717) is 27.7 Å². The summed E-state index contributed by atoms with van der Waals surface area (Å²) in [5, 5.41) is 11.5. The van der Waals surface area contributed by atoms with Crippen molar-refractivity contribution in [2.75, 3.05) is 21.3 Å². The summed E-state index contributed by atoms with van der Waals surface area (Å²) < 4.78 is 16.1. The normalized spacial score (nSPS) is 16.8. The monoisotopic (exact) mass is 410 g/mol. The van der Waals surface area contributed by atoms with Crippen LogP contribution in [0.4, 0.5) is 0 Å². The molecule has 1 saturated heterocycles. The van der Waals surface area contributed by atoms with Gasteiger partial charge in [-0.25, -0.2) is 0 Å². The van der Waals surface area contributed by atoms with Gasteiger partial charge < -0.3 is 24.1 Å². The third-order valence-electron chi connectivity index (χ3n) is 3.96. The van der Waals surface area contributed by atoms with Crippen molar-refractivity contribution in [3.8, 4) is 17.2 Å². The third kappa shape index (κ3) is 4.19. The number of nitrogens with zero attached hydrogens (tertiary/aromatic N) is 1. The van der Waals surface area contributed by atoms with Gasteiger partial charge in [-0.3, -0.25) is 9.69 Å². The second-order valence-corrected chi connectivity index (χ2v) is 7.69. The molecule has 0 unspecified atom stereocenters. The van der Waals surface area contributed by atoms with Crippen LogP contribution in [0.2, 0.25) is 0 Å². The van der Waals surface area contributed by atoms with Gasteiger partial charge >= 0.3 is 0 Å². The van der Waals surface area contributed by atoms with E-state index in [2.05, 4.69) is 0 Å². The zero-order chi connectivity index (χ0) is 20.3. The fraction of sp³-hybridized carbons (Fsp3) is 0.389. The number of methoxy groups -OCH3 is 3. The molecule has 9 heteroatoms.